The van der Waals surface area contributed by atoms with Gasteiger partial charge in [-0.1, -0.05) is 48.2 Å². The molecule has 2 N–H and O–H groups in total. The first-order chi connectivity index (χ1) is 11.8. The largest absolute Gasteiger partial charge is 0.417 e. The minimum Gasteiger partial charge on any atom is -0.377 e. The molecule has 0 aliphatic heterocycles. The Bertz CT molecular complexity index is 786. The van der Waals surface area contributed by atoms with E-state index in [9.17, 15) is 17.6 Å². The third-order valence-corrected chi connectivity index (χ3v) is 4.11. The molecular weight excluding hydrogens is 354 g/mol. The summed E-state index contributed by atoms with van der Waals surface area (Å²) in [5, 5.41) is 7.20. The van der Waals surface area contributed by atoms with Crippen LogP contribution in [-0.4, -0.2) is 11.4 Å². The Morgan fingerprint density at radius 3 is 2.48 bits per heavy atom. The molecule has 0 heterocycles. The van der Waals surface area contributed by atoms with Crippen molar-refractivity contribution in [2.75, 3.05) is 0 Å². The molecule has 0 fully saturated rings. The fraction of sp³-hybridized carbons (Fsp3) is 0.176. The van der Waals surface area contributed by atoms with Crippen molar-refractivity contribution in [3.8, 4) is 0 Å². The summed E-state index contributed by atoms with van der Waals surface area (Å²) >= 11 is 1.18. The second kappa shape index (κ2) is 8.15. The lowest BCUT2D eigenvalue weighted by Crippen LogP contribution is -2.13. The monoisotopic (exact) mass is 369 g/mol. The van der Waals surface area contributed by atoms with Gasteiger partial charge in [0, 0.05) is 11.3 Å². The SMILES string of the molecule is Cc1ccc(F)c(C=NN=C(N)SCc2ccccc2)c1C(F)(F)F. The van der Waals surface area contributed by atoms with Gasteiger partial charge in [-0.2, -0.15) is 18.3 Å². The van der Waals surface area contributed by atoms with E-state index in [1.807, 2.05) is 30.3 Å². The van der Waals surface area contributed by atoms with E-state index >= 15 is 0 Å². The molecule has 2 rings (SSSR count). The first-order valence-corrected chi connectivity index (χ1v) is 8.17. The number of nitrogens with two attached hydrogens (primary N) is 1. The Kier molecular flexibility index (Phi) is 6.19. The van der Waals surface area contributed by atoms with Gasteiger partial charge in [0.25, 0.3) is 0 Å². The number of benzene rings is 2. The van der Waals surface area contributed by atoms with E-state index in [2.05, 4.69) is 10.2 Å². The van der Waals surface area contributed by atoms with Crippen LogP contribution in [0.25, 0.3) is 0 Å². The molecule has 2 aromatic carbocycles. The molecule has 0 amide bonds. The van der Waals surface area contributed by atoms with E-state index in [1.165, 1.54) is 18.7 Å². The van der Waals surface area contributed by atoms with Crippen molar-refractivity contribution in [1.29, 1.82) is 0 Å². The second-order valence-corrected chi connectivity index (χ2v) is 6.10. The molecule has 0 aromatic heterocycles. The maximum absolute atomic E-state index is 13.8. The molecule has 0 spiro atoms. The van der Waals surface area contributed by atoms with E-state index in [-0.39, 0.29) is 10.7 Å². The van der Waals surface area contributed by atoms with Gasteiger partial charge in [0.1, 0.15) is 5.82 Å². The zero-order chi connectivity index (χ0) is 18.4. The molecular formula is C17H15F4N3S. The van der Waals surface area contributed by atoms with Crippen LogP contribution >= 0.6 is 11.8 Å². The van der Waals surface area contributed by atoms with E-state index in [1.54, 1.807) is 0 Å². The van der Waals surface area contributed by atoms with Crippen LogP contribution in [0.15, 0.2) is 52.7 Å². The van der Waals surface area contributed by atoms with Crippen LogP contribution in [0.1, 0.15) is 22.3 Å². The van der Waals surface area contributed by atoms with Gasteiger partial charge in [-0.3, -0.25) is 0 Å². The average Bonchev–Trinajstić information content (AvgIpc) is 2.56. The highest BCUT2D eigenvalue weighted by Gasteiger charge is 2.36. The van der Waals surface area contributed by atoms with Crippen molar-refractivity contribution in [2.45, 2.75) is 18.9 Å². The van der Waals surface area contributed by atoms with E-state index in [0.717, 1.165) is 23.9 Å². The molecule has 2 aromatic rings. The molecule has 132 valence electrons. The van der Waals surface area contributed by atoms with Crippen LogP contribution in [0.4, 0.5) is 17.6 Å². The highest BCUT2D eigenvalue weighted by atomic mass is 32.2. The summed E-state index contributed by atoms with van der Waals surface area (Å²) in [5.41, 5.74) is 4.86. The Hall–Kier alpha value is -2.35. The summed E-state index contributed by atoms with van der Waals surface area (Å²) in [6, 6.07) is 11.5. The third-order valence-electron chi connectivity index (χ3n) is 3.26. The number of aryl methyl sites for hydroxylation is 1. The van der Waals surface area contributed by atoms with Crippen LogP contribution in [0.5, 0.6) is 0 Å². The van der Waals surface area contributed by atoms with Crippen LogP contribution in [0.3, 0.4) is 0 Å². The molecule has 8 heteroatoms. The Balaban J connectivity index is 2.15. The van der Waals surface area contributed by atoms with Crippen LogP contribution in [0, 0.1) is 12.7 Å². The highest BCUT2D eigenvalue weighted by Crippen LogP contribution is 2.34. The Labute approximate surface area is 146 Å². The maximum Gasteiger partial charge on any atom is 0.417 e. The van der Waals surface area contributed by atoms with Gasteiger partial charge in [-0.05, 0) is 24.1 Å². The third kappa shape index (κ3) is 5.32. The van der Waals surface area contributed by atoms with Crippen molar-refractivity contribution in [2.24, 2.45) is 15.9 Å². The lowest BCUT2D eigenvalue weighted by Gasteiger charge is -2.13. The van der Waals surface area contributed by atoms with Crippen LogP contribution in [-0.2, 0) is 11.9 Å². The number of rotatable bonds is 4. The van der Waals surface area contributed by atoms with Crippen LogP contribution in [0.2, 0.25) is 0 Å². The van der Waals surface area contributed by atoms with Gasteiger partial charge in [0.05, 0.1) is 11.8 Å². The molecule has 0 unspecified atom stereocenters. The fourth-order valence-corrected chi connectivity index (χ4v) is 2.72. The summed E-state index contributed by atoms with van der Waals surface area (Å²) in [6.07, 6.45) is -3.95. The first kappa shape index (κ1) is 19.0. The zero-order valence-electron chi connectivity index (χ0n) is 13.2. The topological polar surface area (TPSA) is 50.7 Å². The predicted octanol–water partition coefficient (Wildman–Crippen LogP) is 4.73. The van der Waals surface area contributed by atoms with Crippen LogP contribution < -0.4 is 5.73 Å². The highest BCUT2D eigenvalue weighted by molar-refractivity contribution is 8.13. The molecule has 0 bridgehead atoms. The van der Waals surface area contributed by atoms with Gasteiger partial charge in [-0.15, -0.1) is 5.10 Å². The summed E-state index contributed by atoms with van der Waals surface area (Å²) in [6.45, 7) is 1.26. The molecule has 0 aliphatic carbocycles. The summed E-state index contributed by atoms with van der Waals surface area (Å²) < 4.78 is 53.0. The van der Waals surface area contributed by atoms with E-state index < -0.39 is 23.1 Å². The molecule has 0 atom stereocenters. The summed E-state index contributed by atoms with van der Waals surface area (Å²) in [4.78, 5) is 0. The van der Waals surface area contributed by atoms with Crippen molar-refractivity contribution >= 4 is 23.1 Å². The zero-order valence-corrected chi connectivity index (χ0v) is 14.0. The molecule has 0 aliphatic rings. The van der Waals surface area contributed by atoms with Crippen molar-refractivity contribution in [3.05, 3.63) is 70.5 Å². The van der Waals surface area contributed by atoms with Gasteiger partial charge in [0.15, 0.2) is 5.17 Å². The number of hydrogen-bond acceptors (Lipinski definition) is 3. The maximum atomic E-state index is 13.8. The number of alkyl halides is 3. The Morgan fingerprint density at radius 2 is 1.84 bits per heavy atom. The quantitative estimate of drug-likeness (QED) is 0.366. The number of hydrogen-bond donors (Lipinski definition) is 1. The first-order valence-electron chi connectivity index (χ1n) is 7.18. The number of nitrogens with zero attached hydrogens (tertiary/aromatic N) is 2. The normalized spacial score (nSPS) is 12.8. The minimum absolute atomic E-state index is 0.0710. The minimum atomic E-state index is -4.69. The Morgan fingerprint density at radius 1 is 1.16 bits per heavy atom. The number of amidine groups is 1. The average molecular weight is 369 g/mol. The van der Waals surface area contributed by atoms with Crippen molar-refractivity contribution in [3.63, 3.8) is 0 Å². The van der Waals surface area contributed by atoms with Gasteiger partial charge >= 0.3 is 6.18 Å². The molecule has 3 nitrogen and oxygen atoms in total. The van der Waals surface area contributed by atoms with Gasteiger partial charge in [-0.25, -0.2) is 4.39 Å². The van der Waals surface area contributed by atoms with E-state index in [4.69, 9.17) is 5.73 Å². The summed E-state index contributed by atoms with van der Waals surface area (Å²) in [7, 11) is 0. The molecule has 0 saturated carbocycles. The van der Waals surface area contributed by atoms with E-state index in [0.29, 0.717) is 5.75 Å². The van der Waals surface area contributed by atoms with Crippen molar-refractivity contribution in [1.82, 2.24) is 0 Å². The van der Waals surface area contributed by atoms with Gasteiger partial charge in [0.2, 0.25) is 0 Å². The standard InChI is InChI=1S/C17H15F4N3S/c1-11-7-8-14(18)13(15(11)17(19,20)21)9-23-24-16(22)25-10-12-5-3-2-4-6-12/h2-9H,10H2,1H3,(H2,22,24). The second-order valence-electron chi connectivity index (χ2n) is 5.11. The fourth-order valence-electron chi connectivity index (χ4n) is 2.11. The molecule has 0 radical (unpaired) electrons. The number of halogens is 4. The van der Waals surface area contributed by atoms with Crippen molar-refractivity contribution < 1.29 is 17.6 Å². The molecule has 25 heavy (non-hydrogen) atoms. The van der Waals surface area contributed by atoms with Gasteiger partial charge < -0.3 is 5.73 Å². The summed E-state index contributed by atoms with van der Waals surface area (Å²) in [5.74, 6) is -0.481. The number of thioether (sulfide) groups is 1. The lowest BCUT2D eigenvalue weighted by atomic mass is 10.0. The predicted molar refractivity (Wildman–Crippen MR) is 93.1 cm³/mol. The molecule has 0 saturated heterocycles. The lowest BCUT2D eigenvalue weighted by molar-refractivity contribution is -0.138. The smallest absolute Gasteiger partial charge is 0.377 e.